The Bertz CT molecular complexity index is 908. The highest BCUT2D eigenvalue weighted by Gasteiger charge is 2.13. The van der Waals surface area contributed by atoms with E-state index in [1.807, 2.05) is 37.3 Å². The first-order valence-electron chi connectivity index (χ1n) is 7.50. The number of nitrogens with zero attached hydrogens (tertiary/aromatic N) is 2. The lowest BCUT2D eigenvalue weighted by atomic mass is 10.2. The Balaban J connectivity index is 1.91. The monoisotopic (exact) mass is 376 g/mol. The maximum absolute atomic E-state index is 9.88. The summed E-state index contributed by atoms with van der Waals surface area (Å²) in [5.41, 5.74) is 1.46. The summed E-state index contributed by atoms with van der Waals surface area (Å²) in [4.78, 5) is 4.28. The van der Waals surface area contributed by atoms with Crippen molar-refractivity contribution in [3.63, 3.8) is 0 Å². The Morgan fingerprint density at radius 1 is 1.28 bits per heavy atom. The Labute approximate surface area is 154 Å². The first-order valence-corrected chi connectivity index (χ1v) is 8.26. The van der Waals surface area contributed by atoms with E-state index in [0.29, 0.717) is 18.0 Å². The zero-order chi connectivity index (χ0) is 17.8. The number of phenols is 1. The van der Waals surface area contributed by atoms with E-state index in [1.165, 1.54) is 0 Å². The van der Waals surface area contributed by atoms with Gasteiger partial charge in [-0.3, -0.25) is 0 Å². The van der Waals surface area contributed by atoms with Gasteiger partial charge in [0, 0.05) is 5.56 Å². The van der Waals surface area contributed by atoms with Crippen LogP contribution in [0.2, 0.25) is 5.02 Å². The second-order valence-electron chi connectivity index (χ2n) is 5.06. The lowest BCUT2D eigenvalue weighted by Crippen LogP contribution is -1.92. The second-order valence-corrected chi connectivity index (χ2v) is 5.88. The van der Waals surface area contributed by atoms with Gasteiger partial charge in [0.2, 0.25) is 5.82 Å². The molecule has 0 fully saturated rings. The number of aromatic nitrogens is 2. The average molecular weight is 377 g/mol. The van der Waals surface area contributed by atoms with E-state index in [-0.39, 0.29) is 27.4 Å². The molecule has 0 atom stereocenters. The standard InChI is InChI=1S/C18H14Cl2N2O3/c1-2-24-15-10-11(8-13(19)16(15)23)9-14(20)18-21-17(22-25-18)12-6-4-3-5-7-12/h3-10,23H,2H2,1H3/b14-9-. The van der Waals surface area contributed by atoms with Gasteiger partial charge in [0.05, 0.1) is 11.6 Å². The highest BCUT2D eigenvalue weighted by Crippen LogP contribution is 2.36. The van der Waals surface area contributed by atoms with E-state index in [2.05, 4.69) is 10.1 Å². The van der Waals surface area contributed by atoms with Gasteiger partial charge in [0.1, 0.15) is 5.03 Å². The zero-order valence-corrected chi connectivity index (χ0v) is 14.8. The molecular weight excluding hydrogens is 363 g/mol. The molecule has 3 rings (SSSR count). The topological polar surface area (TPSA) is 68.4 Å². The smallest absolute Gasteiger partial charge is 0.269 e. The summed E-state index contributed by atoms with van der Waals surface area (Å²) in [7, 11) is 0. The lowest BCUT2D eigenvalue weighted by Gasteiger charge is -2.08. The lowest BCUT2D eigenvalue weighted by molar-refractivity contribution is 0.318. The molecule has 25 heavy (non-hydrogen) atoms. The zero-order valence-electron chi connectivity index (χ0n) is 13.2. The number of benzene rings is 2. The molecule has 0 saturated heterocycles. The minimum absolute atomic E-state index is 0.110. The van der Waals surface area contributed by atoms with Gasteiger partial charge in [-0.2, -0.15) is 4.98 Å². The molecule has 0 unspecified atom stereocenters. The van der Waals surface area contributed by atoms with E-state index in [0.717, 1.165) is 5.56 Å². The molecule has 2 aromatic carbocycles. The molecule has 1 N–H and O–H groups in total. The van der Waals surface area contributed by atoms with Crippen LogP contribution in [0.1, 0.15) is 18.4 Å². The van der Waals surface area contributed by atoms with Gasteiger partial charge in [0.25, 0.3) is 5.89 Å². The Morgan fingerprint density at radius 2 is 2.04 bits per heavy atom. The fourth-order valence-corrected chi connectivity index (χ4v) is 2.60. The number of hydrogen-bond acceptors (Lipinski definition) is 5. The summed E-state index contributed by atoms with van der Waals surface area (Å²) >= 11 is 12.3. The second kappa shape index (κ2) is 7.59. The third kappa shape index (κ3) is 3.95. The predicted octanol–water partition coefficient (Wildman–Crippen LogP) is 5.23. The Kier molecular flexibility index (Phi) is 5.26. The van der Waals surface area contributed by atoms with Crippen LogP contribution < -0.4 is 4.74 Å². The van der Waals surface area contributed by atoms with Gasteiger partial charge < -0.3 is 14.4 Å². The maximum Gasteiger partial charge on any atom is 0.269 e. The van der Waals surface area contributed by atoms with Crippen LogP contribution in [0.4, 0.5) is 0 Å². The predicted molar refractivity (Wildman–Crippen MR) is 97.7 cm³/mol. The molecule has 3 aromatic rings. The molecule has 0 amide bonds. The quantitative estimate of drug-likeness (QED) is 0.659. The van der Waals surface area contributed by atoms with E-state index >= 15 is 0 Å². The van der Waals surface area contributed by atoms with Crippen molar-refractivity contribution in [3.05, 3.63) is 58.9 Å². The van der Waals surface area contributed by atoms with Crippen LogP contribution in [0, 0.1) is 0 Å². The van der Waals surface area contributed by atoms with Crippen molar-refractivity contribution in [2.75, 3.05) is 6.61 Å². The van der Waals surface area contributed by atoms with Gasteiger partial charge in [-0.1, -0.05) is 58.7 Å². The molecule has 0 aliphatic rings. The third-order valence-corrected chi connectivity index (χ3v) is 3.87. The first-order chi connectivity index (χ1) is 12.1. The van der Waals surface area contributed by atoms with Crippen LogP contribution in [0.25, 0.3) is 22.5 Å². The van der Waals surface area contributed by atoms with Gasteiger partial charge >= 0.3 is 0 Å². The number of halogens is 2. The third-order valence-electron chi connectivity index (χ3n) is 3.31. The SMILES string of the molecule is CCOc1cc(/C=C(\Cl)c2nc(-c3ccccc3)no2)cc(Cl)c1O. The minimum atomic E-state index is -0.110. The molecule has 1 aromatic heterocycles. The maximum atomic E-state index is 9.88. The summed E-state index contributed by atoms with van der Waals surface area (Å²) in [6.07, 6.45) is 1.61. The summed E-state index contributed by atoms with van der Waals surface area (Å²) in [6, 6.07) is 12.6. The van der Waals surface area contributed by atoms with Crippen molar-refractivity contribution in [1.29, 1.82) is 0 Å². The van der Waals surface area contributed by atoms with Crippen LogP contribution in [-0.4, -0.2) is 21.9 Å². The number of phenolic OH excluding ortho intramolecular Hbond substituents is 1. The van der Waals surface area contributed by atoms with Crippen LogP contribution >= 0.6 is 23.2 Å². The highest BCUT2D eigenvalue weighted by atomic mass is 35.5. The van der Waals surface area contributed by atoms with Crippen molar-refractivity contribution >= 4 is 34.3 Å². The molecule has 7 heteroatoms. The van der Waals surface area contributed by atoms with Gasteiger partial charge in [-0.05, 0) is 30.7 Å². The van der Waals surface area contributed by atoms with E-state index < -0.39 is 0 Å². The summed E-state index contributed by atoms with van der Waals surface area (Å²) in [5, 5.41) is 14.2. The van der Waals surface area contributed by atoms with Crippen LogP contribution in [-0.2, 0) is 0 Å². The van der Waals surface area contributed by atoms with Gasteiger partial charge in [-0.25, -0.2) is 0 Å². The average Bonchev–Trinajstić information content (AvgIpc) is 3.10. The molecule has 128 valence electrons. The van der Waals surface area contributed by atoms with Crippen LogP contribution in [0.5, 0.6) is 11.5 Å². The number of hydrogen-bond donors (Lipinski definition) is 1. The molecular formula is C18H14Cl2N2O3. The molecule has 0 saturated carbocycles. The number of rotatable bonds is 5. The Hall–Kier alpha value is -2.50. The van der Waals surface area contributed by atoms with E-state index in [1.54, 1.807) is 18.2 Å². The normalized spacial score (nSPS) is 11.6. The van der Waals surface area contributed by atoms with E-state index in [9.17, 15) is 5.11 Å². The molecule has 0 aliphatic carbocycles. The number of ether oxygens (including phenoxy) is 1. The minimum Gasteiger partial charge on any atom is -0.503 e. The van der Waals surface area contributed by atoms with Crippen LogP contribution in [0.3, 0.4) is 0 Å². The van der Waals surface area contributed by atoms with Crippen molar-refractivity contribution in [2.24, 2.45) is 0 Å². The van der Waals surface area contributed by atoms with Crippen LogP contribution in [0.15, 0.2) is 47.0 Å². The first kappa shape index (κ1) is 17.3. The summed E-state index contributed by atoms with van der Waals surface area (Å²) < 4.78 is 10.6. The van der Waals surface area contributed by atoms with E-state index in [4.69, 9.17) is 32.5 Å². The molecule has 0 bridgehead atoms. The van der Waals surface area contributed by atoms with Crippen molar-refractivity contribution in [2.45, 2.75) is 6.92 Å². The highest BCUT2D eigenvalue weighted by molar-refractivity contribution is 6.50. The fraction of sp³-hybridized carbons (Fsp3) is 0.111. The molecule has 0 spiro atoms. The summed E-state index contributed by atoms with van der Waals surface area (Å²) in [6.45, 7) is 2.21. The fourth-order valence-electron chi connectivity index (χ4n) is 2.18. The van der Waals surface area contributed by atoms with Crippen molar-refractivity contribution in [1.82, 2.24) is 10.1 Å². The molecule has 1 heterocycles. The van der Waals surface area contributed by atoms with Crippen molar-refractivity contribution in [3.8, 4) is 22.9 Å². The van der Waals surface area contributed by atoms with Gasteiger partial charge in [-0.15, -0.1) is 0 Å². The van der Waals surface area contributed by atoms with Gasteiger partial charge in [0.15, 0.2) is 11.5 Å². The number of aromatic hydroxyl groups is 1. The van der Waals surface area contributed by atoms with Crippen molar-refractivity contribution < 1.29 is 14.4 Å². The molecule has 5 nitrogen and oxygen atoms in total. The summed E-state index contributed by atoms with van der Waals surface area (Å²) in [5.74, 6) is 0.797. The molecule has 0 aliphatic heterocycles. The Morgan fingerprint density at radius 3 is 2.76 bits per heavy atom. The largest absolute Gasteiger partial charge is 0.503 e. The molecule has 0 radical (unpaired) electrons.